The molecule has 0 saturated heterocycles. The number of nitrogens with two attached hydrogens (primary N) is 2. The highest BCUT2D eigenvalue weighted by Crippen LogP contribution is 2.24. The summed E-state index contributed by atoms with van der Waals surface area (Å²) >= 11 is 0. The maximum atomic E-state index is 11.5. The lowest BCUT2D eigenvalue weighted by Crippen LogP contribution is -2.17. The summed E-state index contributed by atoms with van der Waals surface area (Å²) in [7, 11) is 0. The Morgan fingerprint density at radius 1 is 1.39 bits per heavy atom. The first-order valence-corrected chi connectivity index (χ1v) is 5.65. The van der Waals surface area contributed by atoms with E-state index in [9.17, 15) is 4.79 Å². The molecule has 7 heteroatoms. The van der Waals surface area contributed by atoms with Crippen molar-refractivity contribution in [3.05, 3.63) is 29.2 Å². The molecule has 0 bridgehead atoms. The second kappa shape index (κ2) is 3.80. The number of fused-ring (bicyclic) bond motifs is 1. The molecule has 4 N–H and O–H groups in total. The van der Waals surface area contributed by atoms with Crippen molar-refractivity contribution >= 4 is 11.9 Å². The fraction of sp³-hybridized carbons (Fsp3) is 0.273. The number of carbonyl (C=O) groups is 1. The Balaban J connectivity index is 2.21. The molecule has 0 fully saturated rings. The fourth-order valence-corrected chi connectivity index (χ4v) is 2.20. The lowest BCUT2D eigenvalue weighted by molar-refractivity contribution is 0.0999. The van der Waals surface area contributed by atoms with Crippen molar-refractivity contribution < 1.29 is 4.79 Å². The third-order valence-electron chi connectivity index (χ3n) is 3.02. The first-order valence-electron chi connectivity index (χ1n) is 5.65. The molecule has 2 aromatic heterocycles. The Bertz CT molecular complexity index is 632. The number of nitrogens with zero attached hydrogens (tertiary/aromatic N) is 4. The third kappa shape index (κ3) is 1.60. The van der Waals surface area contributed by atoms with E-state index in [-0.39, 0.29) is 5.95 Å². The molecule has 3 rings (SSSR count). The number of primary amides is 1. The van der Waals surface area contributed by atoms with Crippen LogP contribution in [0.15, 0.2) is 12.4 Å². The Kier molecular flexibility index (Phi) is 2.26. The van der Waals surface area contributed by atoms with Gasteiger partial charge in [-0.05, 0) is 30.9 Å². The molecule has 0 saturated carbocycles. The highest BCUT2D eigenvalue weighted by atomic mass is 16.1. The summed E-state index contributed by atoms with van der Waals surface area (Å²) in [6, 6.07) is 1.80. The maximum absolute atomic E-state index is 11.5. The molecule has 92 valence electrons. The molecule has 7 nitrogen and oxygen atoms in total. The molecular formula is C11H12N6O. The van der Waals surface area contributed by atoms with E-state index >= 15 is 0 Å². The highest BCUT2D eigenvalue weighted by Gasteiger charge is 2.20. The van der Waals surface area contributed by atoms with Crippen molar-refractivity contribution in [2.75, 3.05) is 5.73 Å². The van der Waals surface area contributed by atoms with Gasteiger partial charge in [-0.3, -0.25) is 4.79 Å². The van der Waals surface area contributed by atoms with Crippen LogP contribution in [-0.2, 0) is 12.8 Å². The van der Waals surface area contributed by atoms with Crippen LogP contribution in [0.5, 0.6) is 0 Å². The zero-order valence-electron chi connectivity index (χ0n) is 9.63. The number of hydrogen-bond donors (Lipinski definition) is 2. The van der Waals surface area contributed by atoms with Crippen LogP contribution in [0.25, 0.3) is 5.82 Å². The zero-order chi connectivity index (χ0) is 12.7. The van der Waals surface area contributed by atoms with Gasteiger partial charge < -0.3 is 11.5 Å². The van der Waals surface area contributed by atoms with Gasteiger partial charge in [0.2, 0.25) is 5.95 Å². The Labute approximate surface area is 103 Å². The number of nitrogen functional groups attached to an aromatic ring is 1. The summed E-state index contributed by atoms with van der Waals surface area (Å²) < 4.78 is 1.38. The smallest absolute Gasteiger partial charge is 0.252 e. The molecule has 0 atom stereocenters. The van der Waals surface area contributed by atoms with Gasteiger partial charge in [0, 0.05) is 5.69 Å². The van der Waals surface area contributed by atoms with E-state index in [0.29, 0.717) is 11.4 Å². The third-order valence-corrected chi connectivity index (χ3v) is 3.02. The van der Waals surface area contributed by atoms with E-state index in [1.54, 1.807) is 6.07 Å². The summed E-state index contributed by atoms with van der Waals surface area (Å²) in [5.41, 5.74) is 13.3. The van der Waals surface area contributed by atoms with Gasteiger partial charge in [0.05, 0.1) is 5.56 Å². The van der Waals surface area contributed by atoms with Gasteiger partial charge in [-0.25, -0.2) is 9.97 Å². The molecule has 0 spiro atoms. The minimum Gasteiger partial charge on any atom is -0.366 e. The predicted octanol–water partition coefficient (Wildman–Crippen LogP) is -0.168. The summed E-state index contributed by atoms with van der Waals surface area (Å²) in [6.45, 7) is 0. The SMILES string of the molecule is NC(=O)c1cc2c(nc1-n1cnc(N)n1)CCC2. The standard InChI is InChI=1S/C11H12N6O/c12-9(18)7-4-6-2-1-3-8(6)15-10(7)17-5-14-11(13)16-17/h4-5H,1-3H2,(H2,12,18)(H2,13,16). The van der Waals surface area contributed by atoms with Crippen molar-refractivity contribution in [1.29, 1.82) is 0 Å². The van der Waals surface area contributed by atoms with E-state index in [2.05, 4.69) is 15.1 Å². The van der Waals surface area contributed by atoms with E-state index < -0.39 is 5.91 Å². The average Bonchev–Trinajstić information content (AvgIpc) is 2.94. The number of pyridine rings is 1. The molecule has 0 radical (unpaired) electrons. The van der Waals surface area contributed by atoms with Crippen LogP contribution in [0.2, 0.25) is 0 Å². The molecule has 1 aliphatic carbocycles. The maximum Gasteiger partial charge on any atom is 0.252 e. The van der Waals surface area contributed by atoms with Gasteiger partial charge in [0.1, 0.15) is 6.33 Å². The van der Waals surface area contributed by atoms with Crippen molar-refractivity contribution in [3.8, 4) is 5.82 Å². The van der Waals surface area contributed by atoms with Gasteiger partial charge in [-0.15, -0.1) is 5.10 Å². The predicted molar refractivity (Wildman–Crippen MR) is 64.1 cm³/mol. The summed E-state index contributed by atoms with van der Waals surface area (Å²) in [6.07, 6.45) is 4.31. The zero-order valence-corrected chi connectivity index (χ0v) is 9.63. The monoisotopic (exact) mass is 244 g/mol. The molecule has 0 aromatic carbocycles. The lowest BCUT2D eigenvalue weighted by atomic mass is 10.1. The fourth-order valence-electron chi connectivity index (χ4n) is 2.20. The van der Waals surface area contributed by atoms with E-state index in [4.69, 9.17) is 11.5 Å². The first-order chi connectivity index (χ1) is 8.65. The van der Waals surface area contributed by atoms with Crippen molar-refractivity contribution in [1.82, 2.24) is 19.7 Å². The van der Waals surface area contributed by atoms with Crippen LogP contribution in [0.4, 0.5) is 5.95 Å². The average molecular weight is 244 g/mol. The molecule has 0 aliphatic heterocycles. The number of aryl methyl sites for hydroxylation is 2. The largest absolute Gasteiger partial charge is 0.366 e. The van der Waals surface area contributed by atoms with Gasteiger partial charge in [-0.2, -0.15) is 4.68 Å². The van der Waals surface area contributed by atoms with Gasteiger partial charge in [-0.1, -0.05) is 0 Å². The minimum absolute atomic E-state index is 0.132. The second-order valence-corrected chi connectivity index (χ2v) is 4.23. The van der Waals surface area contributed by atoms with E-state index in [0.717, 1.165) is 30.5 Å². The summed E-state index contributed by atoms with van der Waals surface area (Å²) in [4.78, 5) is 19.8. The van der Waals surface area contributed by atoms with Crippen LogP contribution >= 0.6 is 0 Å². The summed E-state index contributed by atoms with van der Waals surface area (Å²) in [5, 5.41) is 3.96. The first kappa shape index (κ1) is 10.7. The number of aromatic nitrogens is 4. The molecule has 2 aromatic rings. The van der Waals surface area contributed by atoms with Crippen LogP contribution in [0.1, 0.15) is 28.0 Å². The van der Waals surface area contributed by atoms with Crippen LogP contribution in [0.3, 0.4) is 0 Å². The molecular weight excluding hydrogens is 232 g/mol. The van der Waals surface area contributed by atoms with Crippen LogP contribution in [0, 0.1) is 0 Å². The Morgan fingerprint density at radius 2 is 2.22 bits per heavy atom. The van der Waals surface area contributed by atoms with E-state index in [1.807, 2.05) is 0 Å². The Hall–Kier alpha value is -2.44. The molecule has 1 amide bonds. The molecule has 0 unspecified atom stereocenters. The normalized spacial score (nSPS) is 13.6. The number of anilines is 1. The van der Waals surface area contributed by atoms with Gasteiger partial charge >= 0.3 is 0 Å². The molecule has 2 heterocycles. The number of amides is 1. The van der Waals surface area contributed by atoms with Crippen LogP contribution < -0.4 is 11.5 Å². The van der Waals surface area contributed by atoms with Crippen molar-refractivity contribution in [2.24, 2.45) is 5.73 Å². The summed E-state index contributed by atoms with van der Waals surface area (Å²) in [5.74, 6) is 0.00124. The lowest BCUT2D eigenvalue weighted by Gasteiger charge is -2.08. The topological polar surface area (TPSA) is 113 Å². The Morgan fingerprint density at radius 3 is 2.89 bits per heavy atom. The number of hydrogen-bond acceptors (Lipinski definition) is 5. The number of carbonyl (C=O) groups excluding carboxylic acids is 1. The molecule has 18 heavy (non-hydrogen) atoms. The van der Waals surface area contributed by atoms with Crippen LogP contribution in [-0.4, -0.2) is 25.7 Å². The quantitative estimate of drug-likeness (QED) is 0.761. The number of rotatable bonds is 2. The van der Waals surface area contributed by atoms with E-state index in [1.165, 1.54) is 11.0 Å². The van der Waals surface area contributed by atoms with Crippen molar-refractivity contribution in [3.63, 3.8) is 0 Å². The van der Waals surface area contributed by atoms with Gasteiger partial charge in [0.25, 0.3) is 5.91 Å². The second-order valence-electron chi connectivity index (χ2n) is 4.23. The minimum atomic E-state index is -0.527. The highest BCUT2D eigenvalue weighted by molar-refractivity contribution is 5.96. The molecule has 1 aliphatic rings. The van der Waals surface area contributed by atoms with Crippen molar-refractivity contribution in [2.45, 2.75) is 19.3 Å². The van der Waals surface area contributed by atoms with Gasteiger partial charge in [0.15, 0.2) is 5.82 Å².